The summed E-state index contributed by atoms with van der Waals surface area (Å²) in [5.74, 6) is 0. The molecule has 0 radical (unpaired) electrons. The molecule has 0 saturated carbocycles. The van der Waals surface area contributed by atoms with Crippen molar-refractivity contribution < 1.29 is 0 Å². The fourth-order valence-corrected chi connectivity index (χ4v) is 0.390. The number of rotatable bonds is 0. The summed E-state index contributed by atoms with van der Waals surface area (Å²) < 4.78 is 0. The third-order valence-corrected chi connectivity index (χ3v) is 0.948. The molecule has 0 saturated heterocycles. The van der Waals surface area contributed by atoms with Crippen LogP contribution >= 0.6 is 0 Å². The topological polar surface area (TPSA) is 23.8 Å². The van der Waals surface area contributed by atoms with Crippen molar-refractivity contribution in [2.24, 2.45) is 0 Å². The SMILES string of the molecule is N#CC1=CCC1. The van der Waals surface area contributed by atoms with E-state index in [1.807, 2.05) is 6.08 Å². The van der Waals surface area contributed by atoms with Gasteiger partial charge in [0, 0.05) is 5.57 Å². The highest BCUT2D eigenvalue weighted by molar-refractivity contribution is 5.27. The number of nitrogens with zero attached hydrogens (tertiary/aromatic N) is 1. The third-order valence-electron chi connectivity index (χ3n) is 0.948. The van der Waals surface area contributed by atoms with E-state index in [-0.39, 0.29) is 0 Å². The van der Waals surface area contributed by atoms with Crippen LogP contribution in [0.15, 0.2) is 11.6 Å². The van der Waals surface area contributed by atoms with E-state index < -0.39 is 0 Å². The van der Waals surface area contributed by atoms with E-state index in [9.17, 15) is 0 Å². The first-order valence-corrected chi connectivity index (χ1v) is 2.02. The molecule has 1 nitrogen and oxygen atoms in total. The predicted octanol–water partition coefficient (Wildman–Crippen LogP) is 1.23. The molecule has 0 unspecified atom stereocenters. The monoisotopic (exact) mass is 79.0 g/mol. The van der Waals surface area contributed by atoms with Crippen LogP contribution < -0.4 is 0 Å². The van der Waals surface area contributed by atoms with Gasteiger partial charge < -0.3 is 0 Å². The van der Waals surface area contributed by atoms with E-state index in [0.717, 1.165) is 18.4 Å². The van der Waals surface area contributed by atoms with E-state index in [2.05, 4.69) is 6.07 Å². The molecule has 0 atom stereocenters. The second kappa shape index (κ2) is 1.14. The Hall–Kier alpha value is -0.770. The molecule has 0 bridgehead atoms. The van der Waals surface area contributed by atoms with Crippen molar-refractivity contribution in [1.82, 2.24) is 0 Å². The maximum Gasteiger partial charge on any atom is 0.0943 e. The molecule has 0 N–H and O–H groups in total. The molecule has 0 fully saturated rings. The van der Waals surface area contributed by atoms with Crippen LogP contribution in [0.3, 0.4) is 0 Å². The molecule has 0 aromatic heterocycles. The molecule has 6 heavy (non-hydrogen) atoms. The van der Waals surface area contributed by atoms with Gasteiger partial charge in [0.1, 0.15) is 0 Å². The summed E-state index contributed by atoms with van der Waals surface area (Å²) in [6.07, 6.45) is 4.08. The summed E-state index contributed by atoms with van der Waals surface area (Å²) in [5.41, 5.74) is 0.954. The lowest BCUT2D eigenvalue weighted by Crippen LogP contribution is -1.87. The van der Waals surface area contributed by atoms with Gasteiger partial charge in [0.05, 0.1) is 6.07 Å². The van der Waals surface area contributed by atoms with Crippen molar-refractivity contribution >= 4 is 0 Å². The lowest BCUT2D eigenvalue weighted by atomic mass is 10.0. The van der Waals surface area contributed by atoms with E-state index in [0.29, 0.717) is 0 Å². The second-order valence-electron chi connectivity index (χ2n) is 1.38. The normalized spacial score (nSPS) is 17.5. The Morgan fingerprint density at radius 3 is 2.50 bits per heavy atom. The van der Waals surface area contributed by atoms with Crippen LogP contribution in [0.25, 0.3) is 0 Å². The standard InChI is InChI=1S/C5H5N/c6-4-5-2-1-3-5/h2H,1,3H2. The zero-order valence-electron chi connectivity index (χ0n) is 3.44. The molecule has 1 rings (SSSR count). The quantitative estimate of drug-likeness (QED) is 0.428. The second-order valence-corrected chi connectivity index (χ2v) is 1.38. The van der Waals surface area contributed by atoms with Crippen LogP contribution in [0.5, 0.6) is 0 Å². The molecule has 0 heterocycles. The van der Waals surface area contributed by atoms with E-state index in [4.69, 9.17) is 5.26 Å². The number of nitriles is 1. The highest BCUT2D eigenvalue weighted by Gasteiger charge is 2.00. The van der Waals surface area contributed by atoms with E-state index in [1.165, 1.54) is 0 Å². The van der Waals surface area contributed by atoms with Crippen LogP contribution in [0.1, 0.15) is 12.8 Å². The highest BCUT2D eigenvalue weighted by Crippen LogP contribution is 2.15. The van der Waals surface area contributed by atoms with Crippen molar-refractivity contribution in [2.45, 2.75) is 12.8 Å². The van der Waals surface area contributed by atoms with Crippen LogP contribution in [-0.4, -0.2) is 0 Å². The Kier molecular flexibility index (Phi) is 0.648. The lowest BCUT2D eigenvalue weighted by molar-refractivity contribution is 0.911. The van der Waals surface area contributed by atoms with Crippen LogP contribution in [0, 0.1) is 11.3 Å². The highest BCUT2D eigenvalue weighted by atomic mass is 14.3. The van der Waals surface area contributed by atoms with Crippen LogP contribution in [0.2, 0.25) is 0 Å². The molecule has 1 heteroatoms. The van der Waals surface area contributed by atoms with E-state index in [1.54, 1.807) is 0 Å². The Labute approximate surface area is 36.9 Å². The fraction of sp³-hybridized carbons (Fsp3) is 0.400. The third kappa shape index (κ3) is 0.307. The Morgan fingerprint density at radius 2 is 2.50 bits per heavy atom. The molecule has 0 aliphatic heterocycles. The maximum atomic E-state index is 8.07. The van der Waals surface area contributed by atoms with Gasteiger partial charge in [0.2, 0.25) is 0 Å². The van der Waals surface area contributed by atoms with Crippen molar-refractivity contribution in [3.8, 4) is 6.07 Å². The van der Waals surface area contributed by atoms with Crippen molar-refractivity contribution in [1.29, 1.82) is 5.26 Å². The Balaban J connectivity index is 2.60. The number of hydrogen-bond acceptors (Lipinski definition) is 1. The number of hydrogen-bond donors (Lipinski definition) is 0. The first-order valence-electron chi connectivity index (χ1n) is 2.02. The molecule has 0 aromatic carbocycles. The summed E-state index contributed by atoms with van der Waals surface area (Å²) in [4.78, 5) is 0. The average molecular weight is 79.1 g/mol. The summed E-state index contributed by atoms with van der Waals surface area (Å²) in [7, 11) is 0. The molecule has 1 aliphatic carbocycles. The summed E-state index contributed by atoms with van der Waals surface area (Å²) in [5, 5.41) is 8.07. The first kappa shape index (κ1) is 3.42. The number of allylic oxidation sites excluding steroid dienone is 2. The van der Waals surface area contributed by atoms with Gasteiger partial charge in [-0.05, 0) is 12.8 Å². The van der Waals surface area contributed by atoms with Gasteiger partial charge in [-0.3, -0.25) is 0 Å². The van der Waals surface area contributed by atoms with Crippen molar-refractivity contribution in [2.75, 3.05) is 0 Å². The lowest BCUT2D eigenvalue weighted by Gasteiger charge is -2.01. The Morgan fingerprint density at radius 1 is 1.83 bits per heavy atom. The van der Waals surface area contributed by atoms with Gasteiger partial charge in [0.25, 0.3) is 0 Å². The summed E-state index contributed by atoms with van der Waals surface area (Å²) in [6, 6.07) is 2.06. The van der Waals surface area contributed by atoms with Crippen LogP contribution in [-0.2, 0) is 0 Å². The fourth-order valence-electron chi connectivity index (χ4n) is 0.390. The van der Waals surface area contributed by atoms with Gasteiger partial charge in [-0.1, -0.05) is 6.08 Å². The molecule has 0 spiro atoms. The molecule has 30 valence electrons. The molecule has 1 aliphatic rings. The zero-order chi connectivity index (χ0) is 4.41. The van der Waals surface area contributed by atoms with Gasteiger partial charge in [0.15, 0.2) is 0 Å². The van der Waals surface area contributed by atoms with Gasteiger partial charge in [-0.25, -0.2) is 0 Å². The minimum atomic E-state index is 0.954. The molecule has 0 amide bonds. The Bertz CT molecular complexity index is 116. The summed E-state index contributed by atoms with van der Waals surface area (Å²) in [6.45, 7) is 0. The largest absolute Gasteiger partial charge is 0.193 e. The molecular weight excluding hydrogens is 74.1 g/mol. The van der Waals surface area contributed by atoms with Gasteiger partial charge in [-0.15, -0.1) is 0 Å². The minimum absolute atomic E-state index is 0.954. The van der Waals surface area contributed by atoms with Crippen molar-refractivity contribution in [3.05, 3.63) is 11.6 Å². The average Bonchev–Trinajstić information content (AvgIpc) is 1.31. The molecule has 0 aromatic rings. The van der Waals surface area contributed by atoms with Crippen LogP contribution in [0.4, 0.5) is 0 Å². The molecular formula is C5H5N. The van der Waals surface area contributed by atoms with E-state index >= 15 is 0 Å². The zero-order valence-corrected chi connectivity index (χ0v) is 3.44. The van der Waals surface area contributed by atoms with Gasteiger partial charge in [-0.2, -0.15) is 5.26 Å². The maximum absolute atomic E-state index is 8.07. The first-order chi connectivity index (χ1) is 2.93. The summed E-state index contributed by atoms with van der Waals surface area (Å²) >= 11 is 0. The minimum Gasteiger partial charge on any atom is -0.193 e. The smallest absolute Gasteiger partial charge is 0.0943 e. The van der Waals surface area contributed by atoms with Gasteiger partial charge >= 0.3 is 0 Å². The van der Waals surface area contributed by atoms with Crippen molar-refractivity contribution in [3.63, 3.8) is 0 Å². The predicted molar refractivity (Wildman–Crippen MR) is 22.9 cm³/mol.